The maximum atomic E-state index is 12.4. The number of carbonyl (C=O) groups excluding carboxylic acids is 2. The van der Waals surface area contributed by atoms with Gasteiger partial charge in [-0.25, -0.2) is 4.79 Å². The number of carbonyl (C=O) groups is 2. The number of esters is 1. The fraction of sp³-hybridized carbons (Fsp3) is 0.645. The molecule has 0 aromatic carbocycles. The van der Waals surface area contributed by atoms with Gasteiger partial charge in [-0.05, 0) is 105 Å². The van der Waals surface area contributed by atoms with E-state index in [9.17, 15) is 9.59 Å². The third kappa shape index (κ3) is 4.96. The zero-order valence-electron chi connectivity index (χ0n) is 23.0. The molecule has 6 heteroatoms. The summed E-state index contributed by atoms with van der Waals surface area (Å²) in [4.78, 5) is 28.7. The predicted molar refractivity (Wildman–Crippen MR) is 143 cm³/mol. The smallest absolute Gasteiger partial charge is 0.408 e. The highest BCUT2D eigenvalue weighted by atomic mass is 16.6. The van der Waals surface area contributed by atoms with Gasteiger partial charge in [0.25, 0.3) is 0 Å². The summed E-state index contributed by atoms with van der Waals surface area (Å²) in [5.74, 6) is 1.64. The lowest BCUT2D eigenvalue weighted by molar-refractivity contribution is -0.150. The fourth-order valence-electron chi connectivity index (χ4n) is 7.95. The molecule has 0 radical (unpaired) electrons. The lowest BCUT2D eigenvalue weighted by atomic mass is 9.47. The second kappa shape index (κ2) is 9.59. The van der Waals surface area contributed by atoms with Crippen molar-refractivity contribution in [3.05, 3.63) is 47.8 Å². The first-order valence-electron chi connectivity index (χ1n) is 14.0. The number of pyridine rings is 1. The van der Waals surface area contributed by atoms with Crippen molar-refractivity contribution < 1.29 is 19.1 Å². The Labute approximate surface area is 221 Å². The monoisotopic (exact) mass is 506 g/mol. The highest BCUT2D eigenvalue weighted by molar-refractivity contribution is 5.78. The standard InChI is InChI=1S/C31H42N2O4/c1-29(2,3)37-28(35)33-19-27(34)36-22-12-14-30(4)21(17-22)8-9-23-25-11-10-24(20-7-6-16-32-18-20)31(25,5)15-13-26(23)30/h6-8,10,16,18,22-23,25-26H,9,11-15,17,19H2,1-5H3,(H,33,35). The topological polar surface area (TPSA) is 77.5 Å². The van der Waals surface area contributed by atoms with Gasteiger partial charge in [-0.1, -0.05) is 37.6 Å². The van der Waals surface area contributed by atoms with Gasteiger partial charge in [-0.2, -0.15) is 0 Å². The zero-order chi connectivity index (χ0) is 26.4. The maximum Gasteiger partial charge on any atom is 0.408 e. The summed E-state index contributed by atoms with van der Waals surface area (Å²) in [6.45, 7) is 10.2. The van der Waals surface area contributed by atoms with Gasteiger partial charge in [0.2, 0.25) is 0 Å². The second-order valence-electron chi connectivity index (χ2n) is 13.0. The first-order chi connectivity index (χ1) is 17.5. The lowest BCUT2D eigenvalue weighted by Gasteiger charge is -2.57. The Kier molecular flexibility index (Phi) is 6.74. The van der Waals surface area contributed by atoms with Crippen molar-refractivity contribution in [3.8, 4) is 0 Å². The number of rotatable bonds is 4. The summed E-state index contributed by atoms with van der Waals surface area (Å²) in [5, 5.41) is 2.51. The van der Waals surface area contributed by atoms with Crippen molar-refractivity contribution in [3.63, 3.8) is 0 Å². The maximum absolute atomic E-state index is 12.4. The van der Waals surface area contributed by atoms with Crippen LogP contribution < -0.4 is 5.32 Å². The molecule has 0 saturated heterocycles. The van der Waals surface area contributed by atoms with E-state index < -0.39 is 17.7 Å². The highest BCUT2D eigenvalue weighted by Gasteiger charge is 2.57. The Morgan fingerprint density at radius 1 is 1.08 bits per heavy atom. The molecule has 6 atom stereocenters. The second-order valence-corrected chi connectivity index (χ2v) is 13.0. The van der Waals surface area contributed by atoms with Gasteiger partial charge in [0.15, 0.2) is 0 Å². The molecule has 6 unspecified atom stereocenters. The van der Waals surface area contributed by atoms with Gasteiger partial charge >= 0.3 is 12.1 Å². The lowest BCUT2D eigenvalue weighted by Crippen LogP contribution is -2.50. The van der Waals surface area contributed by atoms with Gasteiger partial charge < -0.3 is 14.8 Å². The quantitative estimate of drug-likeness (QED) is 0.374. The fourth-order valence-corrected chi connectivity index (χ4v) is 7.95. The first kappa shape index (κ1) is 26.0. The Morgan fingerprint density at radius 3 is 2.59 bits per heavy atom. The molecular weight excluding hydrogens is 464 g/mol. The zero-order valence-corrected chi connectivity index (χ0v) is 23.0. The van der Waals surface area contributed by atoms with E-state index in [1.165, 1.54) is 29.6 Å². The van der Waals surface area contributed by atoms with Gasteiger partial charge in [0.1, 0.15) is 18.2 Å². The molecule has 37 heavy (non-hydrogen) atoms. The molecule has 1 amide bonds. The molecule has 6 nitrogen and oxygen atoms in total. The molecule has 200 valence electrons. The van der Waals surface area contributed by atoms with Crippen LogP contribution >= 0.6 is 0 Å². The molecule has 2 saturated carbocycles. The third-order valence-electron chi connectivity index (χ3n) is 9.69. The van der Waals surface area contributed by atoms with Crippen molar-refractivity contribution >= 4 is 17.6 Å². The molecule has 4 aliphatic rings. The summed E-state index contributed by atoms with van der Waals surface area (Å²) in [7, 11) is 0. The highest BCUT2D eigenvalue weighted by Crippen LogP contribution is 2.66. The molecule has 0 bridgehead atoms. The molecule has 0 aliphatic heterocycles. The Hall–Kier alpha value is -2.63. The van der Waals surface area contributed by atoms with Crippen molar-refractivity contribution in [1.82, 2.24) is 10.3 Å². The average Bonchev–Trinajstić information content (AvgIpc) is 3.20. The minimum atomic E-state index is -0.599. The molecule has 2 fully saturated rings. The van der Waals surface area contributed by atoms with E-state index in [1.807, 2.05) is 18.5 Å². The number of fused-ring (bicyclic) bond motifs is 5. The van der Waals surface area contributed by atoms with E-state index >= 15 is 0 Å². The predicted octanol–water partition coefficient (Wildman–Crippen LogP) is 6.47. The third-order valence-corrected chi connectivity index (χ3v) is 9.69. The van der Waals surface area contributed by atoms with Crippen molar-refractivity contribution in [2.75, 3.05) is 6.54 Å². The molecule has 5 rings (SSSR count). The summed E-state index contributed by atoms with van der Waals surface area (Å²) in [5.41, 5.74) is 4.06. The van der Waals surface area contributed by atoms with Crippen LogP contribution in [0.1, 0.15) is 85.1 Å². The summed E-state index contributed by atoms with van der Waals surface area (Å²) in [6.07, 6.45) is 15.6. The molecule has 1 aromatic heterocycles. The van der Waals surface area contributed by atoms with Crippen molar-refractivity contribution in [2.24, 2.45) is 28.6 Å². The Morgan fingerprint density at radius 2 is 1.86 bits per heavy atom. The minimum absolute atomic E-state index is 0.122. The number of hydrogen-bond donors (Lipinski definition) is 1. The van der Waals surface area contributed by atoms with E-state index in [2.05, 4.69) is 42.4 Å². The van der Waals surface area contributed by atoms with Crippen LogP contribution in [0.3, 0.4) is 0 Å². The van der Waals surface area contributed by atoms with Crippen LogP contribution in [-0.4, -0.2) is 35.3 Å². The number of allylic oxidation sites excluding steroid dienone is 3. The van der Waals surface area contributed by atoms with Crippen LogP contribution in [0.15, 0.2) is 42.3 Å². The number of alkyl carbamates (subject to hydrolysis) is 1. The number of nitrogens with one attached hydrogen (secondary N) is 1. The summed E-state index contributed by atoms with van der Waals surface area (Å²) >= 11 is 0. The largest absolute Gasteiger partial charge is 0.461 e. The van der Waals surface area contributed by atoms with Gasteiger partial charge in [-0.15, -0.1) is 0 Å². The molecule has 1 heterocycles. The van der Waals surface area contributed by atoms with E-state index in [0.717, 1.165) is 32.1 Å². The van der Waals surface area contributed by atoms with Gasteiger partial charge in [0, 0.05) is 18.8 Å². The molecule has 1 aromatic rings. The van der Waals surface area contributed by atoms with E-state index in [-0.39, 0.29) is 23.5 Å². The van der Waals surface area contributed by atoms with Crippen LogP contribution in [0.25, 0.3) is 5.57 Å². The van der Waals surface area contributed by atoms with Crippen LogP contribution in [-0.2, 0) is 14.3 Å². The Balaban J connectivity index is 1.22. The van der Waals surface area contributed by atoms with Crippen LogP contribution in [0.2, 0.25) is 0 Å². The number of hydrogen-bond acceptors (Lipinski definition) is 5. The number of amides is 1. The molecule has 1 N–H and O–H groups in total. The Bertz CT molecular complexity index is 1100. The van der Waals surface area contributed by atoms with E-state index in [1.54, 1.807) is 20.8 Å². The first-order valence-corrected chi connectivity index (χ1v) is 14.0. The minimum Gasteiger partial charge on any atom is -0.461 e. The number of ether oxygens (including phenoxy) is 2. The van der Waals surface area contributed by atoms with E-state index in [0.29, 0.717) is 17.8 Å². The molecule has 4 aliphatic carbocycles. The SMILES string of the molecule is CC(C)(C)OC(=O)NCC(=O)OC1CCC2(C)C(=CCC3C2CCC2(C)C(c4cccnc4)=CCC32)C1. The molecular formula is C31H42N2O4. The van der Waals surface area contributed by atoms with Crippen LogP contribution in [0, 0.1) is 28.6 Å². The number of aromatic nitrogens is 1. The van der Waals surface area contributed by atoms with Crippen molar-refractivity contribution in [1.29, 1.82) is 0 Å². The normalized spacial score (nSPS) is 34.7. The summed E-state index contributed by atoms with van der Waals surface area (Å²) in [6, 6.07) is 4.26. The van der Waals surface area contributed by atoms with Crippen LogP contribution in [0.4, 0.5) is 4.79 Å². The van der Waals surface area contributed by atoms with Crippen molar-refractivity contribution in [2.45, 2.75) is 91.3 Å². The van der Waals surface area contributed by atoms with Gasteiger partial charge in [-0.3, -0.25) is 9.78 Å². The average molecular weight is 507 g/mol. The van der Waals surface area contributed by atoms with Gasteiger partial charge in [0.05, 0.1) is 0 Å². The van der Waals surface area contributed by atoms with Crippen LogP contribution in [0.5, 0.6) is 0 Å². The summed E-state index contributed by atoms with van der Waals surface area (Å²) < 4.78 is 11.0. The number of nitrogens with zero attached hydrogens (tertiary/aromatic N) is 1. The van der Waals surface area contributed by atoms with E-state index in [4.69, 9.17) is 9.47 Å². The molecule has 0 spiro atoms.